The van der Waals surface area contributed by atoms with Gasteiger partial charge in [0.15, 0.2) is 0 Å². The molecule has 0 spiro atoms. The van der Waals surface area contributed by atoms with E-state index < -0.39 is 0 Å². The summed E-state index contributed by atoms with van der Waals surface area (Å²) < 4.78 is 0.163. The van der Waals surface area contributed by atoms with Crippen molar-refractivity contribution in [3.05, 3.63) is 22.2 Å². The third kappa shape index (κ3) is 1.78. The Hall–Kier alpha value is 0.01000. The summed E-state index contributed by atoms with van der Waals surface area (Å²) in [4.78, 5) is 8.01. The molecule has 1 fully saturated rings. The van der Waals surface area contributed by atoms with Crippen molar-refractivity contribution in [1.29, 1.82) is 0 Å². The summed E-state index contributed by atoms with van der Waals surface area (Å²) in [6, 6.07) is 1.80. The lowest BCUT2D eigenvalue weighted by Gasteiger charge is -2.10. The maximum absolute atomic E-state index is 5.80. The highest BCUT2D eigenvalue weighted by Gasteiger charge is 2.45. The Morgan fingerprint density at radius 3 is 2.54 bits per heavy atom. The highest BCUT2D eigenvalue weighted by Crippen LogP contribution is 2.55. The van der Waals surface area contributed by atoms with E-state index in [0.717, 1.165) is 18.5 Å². The molecule has 5 heteroatoms. The molecule has 0 saturated heterocycles. The smallest absolute Gasteiger partial charge is 0.221 e. The summed E-state index contributed by atoms with van der Waals surface area (Å²) in [5, 5.41) is 0.665. The van der Waals surface area contributed by atoms with Gasteiger partial charge in [0.2, 0.25) is 5.28 Å². The average molecular weight is 235 g/mol. The van der Waals surface area contributed by atoms with Gasteiger partial charge in [0, 0.05) is 0 Å². The van der Waals surface area contributed by atoms with Crippen LogP contribution in [0.5, 0.6) is 0 Å². The summed E-state index contributed by atoms with van der Waals surface area (Å²) in [6.45, 7) is 0. The van der Waals surface area contributed by atoms with Gasteiger partial charge in [-0.3, -0.25) is 0 Å². The van der Waals surface area contributed by atoms with Gasteiger partial charge in [-0.05, 0) is 36.8 Å². The van der Waals surface area contributed by atoms with Crippen LogP contribution in [0, 0.1) is 0 Å². The molecule has 1 aromatic heterocycles. The largest absolute Gasteiger partial charge is 0.224 e. The Labute approximate surface area is 91.1 Å². The lowest BCUT2D eigenvalue weighted by molar-refractivity contribution is 0.932. The first-order chi connectivity index (χ1) is 6.16. The van der Waals surface area contributed by atoms with Gasteiger partial charge in [-0.25, -0.2) is 9.97 Å². The molecular weight excluding hydrogens is 227 g/mol. The fourth-order valence-electron chi connectivity index (χ4n) is 1.30. The first-order valence-electron chi connectivity index (χ1n) is 3.92. The lowest BCUT2D eigenvalue weighted by Crippen LogP contribution is -2.04. The third-order valence-corrected chi connectivity index (χ3v) is 3.99. The van der Waals surface area contributed by atoms with Crippen molar-refractivity contribution in [1.82, 2.24) is 9.97 Å². The molecule has 0 bridgehead atoms. The molecule has 0 aromatic carbocycles. The Morgan fingerprint density at radius 1 is 1.38 bits per heavy atom. The highest BCUT2D eigenvalue weighted by molar-refractivity contribution is 7.99. The molecule has 0 unspecified atom stereocenters. The quantitative estimate of drug-likeness (QED) is 0.581. The Morgan fingerprint density at radius 2 is 2.08 bits per heavy atom. The average Bonchev–Trinajstić information content (AvgIpc) is 2.82. The van der Waals surface area contributed by atoms with Gasteiger partial charge in [0.25, 0.3) is 0 Å². The molecule has 1 aliphatic rings. The molecule has 13 heavy (non-hydrogen) atoms. The van der Waals surface area contributed by atoms with Gasteiger partial charge >= 0.3 is 0 Å². The van der Waals surface area contributed by atoms with E-state index in [1.54, 1.807) is 17.8 Å². The van der Waals surface area contributed by atoms with Crippen LogP contribution in [-0.4, -0.2) is 16.2 Å². The van der Waals surface area contributed by atoms with Crippen molar-refractivity contribution in [3.63, 3.8) is 0 Å². The number of aromatic nitrogens is 2. The van der Waals surface area contributed by atoms with E-state index in [9.17, 15) is 0 Å². The molecule has 0 N–H and O–H groups in total. The van der Waals surface area contributed by atoms with Crippen molar-refractivity contribution in [3.8, 4) is 0 Å². The van der Waals surface area contributed by atoms with Crippen LogP contribution in [0.4, 0.5) is 0 Å². The first-order valence-corrected chi connectivity index (χ1v) is 5.90. The summed E-state index contributed by atoms with van der Waals surface area (Å²) in [5.41, 5.74) is 0.963. The van der Waals surface area contributed by atoms with Crippen LogP contribution in [0.25, 0.3) is 0 Å². The van der Waals surface area contributed by atoms with E-state index in [-0.39, 0.29) is 10.0 Å². The second kappa shape index (κ2) is 3.30. The van der Waals surface area contributed by atoms with E-state index in [1.165, 1.54) is 0 Å². The van der Waals surface area contributed by atoms with Crippen molar-refractivity contribution < 1.29 is 0 Å². The Balaban J connectivity index is 2.40. The number of halogens is 2. The Bertz CT molecular complexity index is 319. The number of rotatable bonds is 2. The van der Waals surface area contributed by atoms with E-state index >= 15 is 0 Å². The van der Waals surface area contributed by atoms with Gasteiger partial charge in [0.05, 0.1) is 10.4 Å². The first kappa shape index (κ1) is 9.56. The molecular formula is C8H8Cl2N2S. The fraction of sp³-hybridized carbons (Fsp3) is 0.500. The molecule has 0 atom stereocenters. The SMILES string of the molecule is CSC1(c2cc(Cl)nc(Cl)n2)CC1. The molecule has 2 nitrogen and oxygen atoms in total. The number of hydrogen-bond donors (Lipinski definition) is 0. The number of thioether (sulfide) groups is 1. The summed E-state index contributed by atoms with van der Waals surface area (Å²) in [5.74, 6) is 0. The zero-order valence-corrected chi connectivity index (χ0v) is 9.38. The molecule has 1 heterocycles. The summed E-state index contributed by atoms with van der Waals surface area (Å²) >= 11 is 13.3. The maximum atomic E-state index is 5.80. The monoisotopic (exact) mass is 234 g/mol. The Kier molecular flexibility index (Phi) is 2.43. The molecule has 0 aliphatic heterocycles. The lowest BCUT2D eigenvalue weighted by atomic mass is 10.3. The van der Waals surface area contributed by atoms with E-state index in [0.29, 0.717) is 5.15 Å². The van der Waals surface area contributed by atoms with Crippen molar-refractivity contribution >= 4 is 35.0 Å². The van der Waals surface area contributed by atoms with Gasteiger partial charge < -0.3 is 0 Å². The van der Waals surface area contributed by atoms with Crippen LogP contribution < -0.4 is 0 Å². The summed E-state index contributed by atoms with van der Waals surface area (Å²) in [6.07, 6.45) is 4.38. The van der Waals surface area contributed by atoms with Crippen molar-refractivity contribution in [2.75, 3.05) is 6.26 Å². The van der Waals surface area contributed by atoms with Crippen LogP contribution in [0.15, 0.2) is 6.07 Å². The zero-order chi connectivity index (χ0) is 9.47. The number of hydrogen-bond acceptors (Lipinski definition) is 3. The molecule has 2 rings (SSSR count). The second-order valence-corrected chi connectivity index (χ2v) is 4.96. The number of nitrogens with zero attached hydrogens (tertiary/aromatic N) is 2. The van der Waals surface area contributed by atoms with Gasteiger partial charge in [-0.1, -0.05) is 11.6 Å². The second-order valence-electron chi connectivity index (χ2n) is 3.04. The standard InChI is InChI=1S/C8H8Cl2N2S/c1-13-8(2-3-8)5-4-6(9)12-7(10)11-5/h4H,2-3H2,1H3. The molecule has 0 radical (unpaired) electrons. The van der Waals surface area contributed by atoms with Crippen LogP contribution in [0.1, 0.15) is 18.5 Å². The molecule has 1 aliphatic carbocycles. The molecule has 1 aromatic rings. The van der Waals surface area contributed by atoms with Crippen molar-refractivity contribution in [2.45, 2.75) is 17.6 Å². The maximum Gasteiger partial charge on any atom is 0.224 e. The van der Waals surface area contributed by atoms with E-state index in [2.05, 4.69) is 16.2 Å². The molecule has 0 amide bonds. The summed E-state index contributed by atoms with van der Waals surface area (Å²) in [7, 11) is 0. The van der Waals surface area contributed by atoms with E-state index in [1.807, 2.05) is 0 Å². The topological polar surface area (TPSA) is 25.8 Å². The predicted molar refractivity (Wildman–Crippen MR) is 56.5 cm³/mol. The van der Waals surface area contributed by atoms with E-state index in [4.69, 9.17) is 23.2 Å². The molecule has 70 valence electrons. The molecule has 1 saturated carbocycles. The zero-order valence-electron chi connectivity index (χ0n) is 7.05. The van der Waals surface area contributed by atoms with Gasteiger partial charge in [-0.15, -0.1) is 0 Å². The van der Waals surface area contributed by atoms with Gasteiger partial charge in [0.1, 0.15) is 5.15 Å². The minimum atomic E-state index is 0.163. The predicted octanol–water partition coefficient (Wildman–Crippen LogP) is 3.14. The van der Waals surface area contributed by atoms with Gasteiger partial charge in [-0.2, -0.15) is 11.8 Å². The van der Waals surface area contributed by atoms with Crippen LogP contribution in [-0.2, 0) is 4.75 Å². The van der Waals surface area contributed by atoms with Crippen LogP contribution >= 0.6 is 35.0 Å². The minimum Gasteiger partial charge on any atom is -0.221 e. The fourth-order valence-corrected chi connectivity index (χ4v) is 2.53. The third-order valence-electron chi connectivity index (χ3n) is 2.23. The normalized spacial score (nSPS) is 18.7. The van der Waals surface area contributed by atoms with Crippen molar-refractivity contribution in [2.24, 2.45) is 0 Å². The van der Waals surface area contributed by atoms with Crippen LogP contribution in [0.2, 0.25) is 10.4 Å². The van der Waals surface area contributed by atoms with Crippen LogP contribution in [0.3, 0.4) is 0 Å². The minimum absolute atomic E-state index is 0.163. The highest BCUT2D eigenvalue weighted by atomic mass is 35.5.